The number of benzene rings is 1. The Kier molecular flexibility index (Phi) is 3.51. The van der Waals surface area contributed by atoms with Crippen LogP contribution in [0.25, 0.3) is 10.9 Å². The van der Waals surface area contributed by atoms with Gasteiger partial charge in [-0.25, -0.2) is 0 Å². The van der Waals surface area contributed by atoms with Crippen LogP contribution >= 0.6 is 11.3 Å². The van der Waals surface area contributed by atoms with Gasteiger partial charge in [0.2, 0.25) is 0 Å². The summed E-state index contributed by atoms with van der Waals surface area (Å²) in [6.07, 6.45) is 1.81. The van der Waals surface area contributed by atoms with Crippen molar-refractivity contribution < 1.29 is 5.11 Å². The number of thiophene rings is 1. The van der Waals surface area contributed by atoms with Crippen LogP contribution < -0.4 is 0 Å². The predicted molar refractivity (Wildman–Crippen MR) is 67.7 cm³/mol. The molecule has 0 atom stereocenters. The Hall–Kier alpha value is -1.87. The van der Waals surface area contributed by atoms with Crippen LogP contribution in [0.1, 0.15) is 0 Å². The molecule has 3 aromatic rings. The third-order valence-electron chi connectivity index (χ3n) is 2.02. The summed E-state index contributed by atoms with van der Waals surface area (Å²) in [5.41, 5.74) is 1.06. The molecule has 16 heavy (non-hydrogen) atoms. The number of aromatic nitrogens is 1. The Morgan fingerprint density at radius 2 is 1.81 bits per heavy atom. The Morgan fingerprint density at radius 3 is 2.44 bits per heavy atom. The molecular weight excluding hydrogens is 218 g/mol. The fourth-order valence-electron chi connectivity index (χ4n) is 1.27. The molecule has 3 heteroatoms. The van der Waals surface area contributed by atoms with E-state index in [4.69, 9.17) is 5.11 Å². The van der Waals surface area contributed by atoms with Crippen molar-refractivity contribution in [2.75, 3.05) is 0 Å². The molecule has 0 saturated carbocycles. The van der Waals surface area contributed by atoms with Gasteiger partial charge in [-0.2, -0.15) is 0 Å². The van der Waals surface area contributed by atoms with Crippen molar-refractivity contribution in [3.05, 3.63) is 59.4 Å². The molecule has 0 aliphatic heterocycles. The molecule has 0 spiro atoms. The zero-order chi connectivity index (χ0) is 11.2. The van der Waals surface area contributed by atoms with Gasteiger partial charge in [-0.1, -0.05) is 24.3 Å². The highest BCUT2D eigenvalue weighted by Crippen LogP contribution is 2.10. The highest BCUT2D eigenvalue weighted by molar-refractivity contribution is 7.08. The zero-order valence-electron chi connectivity index (χ0n) is 8.58. The highest BCUT2D eigenvalue weighted by atomic mass is 32.1. The van der Waals surface area contributed by atoms with Gasteiger partial charge >= 0.3 is 0 Å². The molecule has 0 bridgehead atoms. The fourth-order valence-corrected chi connectivity index (χ4v) is 1.79. The Morgan fingerprint density at radius 1 is 1.00 bits per heavy atom. The van der Waals surface area contributed by atoms with Gasteiger partial charge in [0, 0.05) is 17.0 Å². The van der Waals surface area contributed by atoms with E-state index in [0.29, 0.717) is 5.75 Å². The molecule has 2 heterocycles. The molecule has 0 unspecified atom stereocenters. The minimum atomic E-state index is 0.361. The molecule has 2 nitrogen and oxygen atoms in total. The van der Waals surface area contributed by atoms with Gasteiger partial charge in [-0.3, -0.25) is 4.98 Å². The SMILES string of the molecule is Oc1ccsc1.c1ccc2ncccc2c1. The average molecular weight is 229 g/mol. The molecule has 1 aromatic carbocycles. The maximum Gasteiger partial charge on any atom is 0.126 e. The van der Waals surface area contributed by atoms with Gasteiger partial charge in [0.15, 0.2) is 0 Å². The van der Waals surface area contributed by atoms with E-state index in [1.165, 1.54) is 16.7 Å². The molecule has 0 amide bonds. The summed E-state index contributed by atoms with van der Waals surface area (Å²) in [6, 6.07) is 13.7. The van der Waals surface area contributed by atoms with Crippen LogP contribution in [0.3, 0.4) is 0 Å². The quantitative estimate of drug-likeness (QED) is 0.637. The second-order valence-electron chi connectivity index (χ2n) is 3.18. The second kappa shape index (κ2) is 5.28. The van der Waals surface area contributed by atoms with Crippen molar-refractivity contribution in [1.82, 2.24) is 4.98 Å². The first kappa shape index (κ1) is 10.6. The monoisotopic (exact) mass is 229 g/mol. The van der Waals surface area contributed by atoms with E-state index < -0.39 is 0 Å². The summed E-state index contributed by atoms with van der Waals surface area (Å²) < 4.78 is 0. The Balaban J connectivity index is 0.000000138. The molecule has 0 aliphatic rings. The lowest BCUT2D eigenvalue weighted by Gasteiger charge is -1.91. The predicted octanol–water partition coefficient (Wildman–Crippen LogP) is 3.69. The normalized spacial score (nSPS) is 9.50. The summed E-state index contributed by atoms with van der Waals surface area (Å²) in [6.45, 7) is 0. The first-order valence-corrected chi connectivity index (χ1v) is 5.81. The third-order valence-corrected chi connectivity index (χ3v) is 2.69. The maximum absolute atomic E-state index is 8.48. The zero-order valence-corrected chi connectivity index (χ0v) is 9.39. The van der Waals surface area contributed by atoms with Crippen molar-refractivity contribution in [3.63, 3.8) is 0 Å². The number of aromatic hydroxyl groups is 1. The van der Waals surface area contributed by atoms with Gasteiger partial charge in [0.25, 0.3) is 0 Å². The van der Waals surface area contributed by atoms with Crippen LogP contribution in [-0.2, 0) is 0 Å². The van der Waals surface area contributed by atoms with Gasteiger partial charge in [-0.05, 0) is 23.6 Å². The minimum Gasteiger partial charge on any atom is -0.507 e. The summed E-state index contributed by atoms with van der Waals surface area (Å²) in [4.78, 5) is 4.18. The lowest BCUT2D eigenvalue weighted by molar-refractivity contribution is 0.478. The number of rotatable bonds is 0. The number of para-hydroxylation sites is 1. The van der Waals surface area contributed by atoms with Crippen molar-refractivity contribution >= 4 is 22.2 Å². The van der Waals surface area contributed by atoms with E-state index in [-0.39, 0.29) is 0 Å². The van der Waals surface area contributed by atoms with Crippen molar-refractivity contribution in [2.45, 2.75) is 0 Å². The molecule has 0 fully saturated rings. The van der Waals surface area contributed by atoms with Crippen LogP contribution in [-0.4, -0.2) is 10.1 Å². The molecule has 1 N–H and O–H groups in total. The van der Waals surface area contributed by atoms with Crippen LogP contribution in [0.15, 0.2) is 59.4 Å². The van der Waals surface area contributed by atoms with E-state index in [2.05, 4.69) is 17.1 Å². The first-order valence-electron chi connectivity index (χ1n) is 4.87. The van der Waals surface area contributed by atoms with Gasteiger partial charge in [0.1, 0.15) is 5.75 Å². The lowest BCUT2D eigenvalue weighted by atomic mass is 10.2. The van der Waals surface area contributed by atoms with Gasteiger partial charge < -0.3 is 5.11 Å². The topological polar surface area (TPSA) is 33.1 Å². The minimum absolute atomic E-state index is 0.361. The number of pyridine rings is 1. The van der Waals surface area contributed by atoms with Crippen LogP contribution in [0.5, 0.6) is 5.75 Å². The number of hydrogen-bond acceptors (Lipinski definition) is 3. The fraction of sp³-hybridized carbons (Fsp3) is 0. The average Bonchev–Trinajstić information content (AvgIpc) is 2.81. The standard InChI is InChI=1S/C9H7N.C4H4OS/c1-2-6-9-8(4-1)5-3-7-10-9;5-4-1-2-6-3-4/h1-7H;1-3,5H. The molecule has 3 rings (SSSR count). The summed E-state index contributed by atoms with van der Waals surface area (Å²) in [7, 11) is 0. The lowest BCUT2D eigenvalue weighted by Crippen LogP contribution is -1.73. The van der Waals surface area contributed by atoms with E-state index in [9.17, 15) is 0 Å². The van der Waals surface area contributed by atoms with Crippen molar-refractivity contribution in [1.29, 1.82) is 0 Å². The highest BCUT2D eigenvalue weighted by Gasteiger charge is 1.86. The van der Waals surface area contributed by atoms with E-state index >= 15 is 0 Å². The molecule has 0 saturated heterocycles. The summed E-state index contributed by atoms with van der Waals surface area (Å²) >= 11 is 1.49. The maximum atomic E-state index is 8.48. The third kappa shape index (κ3) is 2.81. The molecular formula is C13H11NOS. The van der Waals surface area contributed by atoms with Crippen molar-refractivity contribution in [2.24, 2.45) is 0 Å². The largest absolute Gasteiger partial charge is 0.507 e. The number of nitrogens with zero attached hydrogens (tertiary/aromatic N) is 1. The summed E-state index contributed by atoms with van der Waals surface area (Å²) in [5, 5.41) is 13.2. The molecule has 80 valence electrons. The van der Waals surface area contributed by atoms with Crippen molar-refractivity contribution in [3.8, 4) is 5.75 Å². The number of fused-ring (bicyclic) bond motifs is 1. The van der Waals surface area contributed by atoms with Crippen LogP contribution in [0.4, 0.5) is 0 Å². The molecule has 2 aromatic heterocycles. The van der Waals surface area contributed by atoms with E-state index in [1.54, 1.807) is 11.4 Å². The smallest absolute Gasteiger partial charge is 0.126 e. The van der Waals surface area contributed by atoms with E-state index in [0.717, 1.165) is 5.52 Å². The van der Waals surface area contributed by atoms with Crippen LogP contribution in [0.2, 0.25) is 0 Å². The van der Waals surface area contributed by atoms with Crippen LogP contribution in [0, 0.1) is 0 Å². The first-order chi connectivity index (χ1) is 7.86. The second-order valence-corrected chi connectivity index (χ2v) is 3.96. The molecule has 0 aliphatic carbocycles. The van der Waals surface area contributed by atoms with Gasteiger partial charge in [-0.15, -0.1) is 11.3 Å². The Labute approximate surface area is 97.8 Å². The summed E-state index contributed by atoms with van der Waals surface area (Å²) in [5.74, 6) is 0.361. The molecule has 0 radical (unpaired) electrons. The van der Waals surface area contributed by atoms with Gasteiger partial charge in [0.05, 0.1) is 5.52 Å². The Bertz CT molecular complexity index is 483. The number of hydrogen-bond donors (Lipinski definition) is 1. The van der Waals surface area contributed by atoms with E-state index in [1.807, 2.05) is 35.8 Å².